The van der Waals surface area contributed by atoms with Crippen LogP contribution >= 0.6 is 0 Å². The van der Waals surface area contributed by atoms with E-state index in [1.807, 2.05) is 50.2 Å². The number of nitrogens with two attached hydrogens (primary N) is 1. The van der Waals surface area contributed by atoms with Crippen molar-refractivity contribution in [1.29, 1.82) is 5.26 Å². The quantitative estimate of drug-likeness (QED) is 0.793. The molecule has 0 aliphatic heterocycles. The summed E-state index contributed by atoms with van der Waals surface area (Å²) < 4.78 is 0. The van der Waals surface area contributed by atoms with E-state index in [-0.39, 0.29) is 12.5 Å². The molecule has 0 aliphatic rings. The molecule has 4 heteroatoms. The van der Waals surface area contributed by atoms with E-state index in [0.717, 1.165) is 5.56 Å². The molecule has 0 saturated carbocycles. The predicted molar refractivity (Wildman–Crippen MR) is 74.9 cm³/mol. The highest BCUT2D eigenvalue weighted by atomic mass is 16.2. The van der Waals surface area contributed by atoms with Gasteiger partial charge >= 0.3 is 0 Å². The van der Waals surface area contributed by atoms with Crippen molar-refractivity contribution in [2.45, 2.75) is 32.9 Å². The second-order valence-electron chi connectivity index (χ2n) is 5.07. The molecular formula is C15H21N3O. The van der Waals surface area contributed by atoms with Crippen LogP contribution in [0.2, 0.25) is 0 Å². The van der Waals surface area contributed by atoms with E-state index in [1.165, 1.54) is 4.90 Å². The van der Waals surface area contributed by atoms with E-state index in [1.54, 1.807) is 0 Å². The summed E-state index contributed by atoms with van der Waals surface area (Å²) >= 11 is 0. The van der Waals surface area contributed by atoms with Crippen molar-refractivity contribution in [2.75, 3.05) is 6.54 Å². The number of hydrogen-bond donors (Lipinski definition) is 1. The maximum absolute atomic E-state index is 12.2. The van der Waals surface area contributed by atoms with E-state index in [2.05, 4.69) is 0 Å². The minimum Gasteiger partial charge on any atom is -0.324 e. The van der Waals surface area contributed by atoms with Crippen LogP contribution in [-0.4, -0.2) is 23.4 Å². The Morgan fingerprint density at radius 1 is 1.37 bits per heavy atom. The Kier molecular flexibility index (Phi) is 6.04. The molecule has 1 aromatic rings. The average Bonchev–Trinajstić information content (AvgIpc) is 2.38. The summed E-state index contributed by atoms with van der Waals surface area (Å²) in [5, 5.41) is 8.84. The third-order valence-electron chi connectivity index (χ3n) is 2.83. The van der Waals surface area contributed by atoms with Crippen LogP contribution < -0.4 is 5.73 Å². The average molecular weight is 259 g/mol. The molecule has 2 N–H and O–H groups in total. The highest BCUT2D eigenvalue weighted by molar-refractivity contribution is 5.81. The molecule has 0 saturated heterocycles. The summed E-state index contributed by atoms with van der Waals surface area (Å²) in [6.07, 6.45) is 0.634. The Balaban J connectivity index is 2.72. The van der Waals surface area contributed by atoms with Crippen molar-refractivity contribution in [1.82, 2.24) is 4.90 Å². The lowest BCUT2D eigenvalue weighted by Crippen LogP contribution is -2.44. The van der Waals surface area contributed by atoms with Crippen LogP contribution in [0.1, 0.15) is 25.8 Å². The number of hydrogen-bond acceptors (Lipinski definition) is 3. The number of carbonyl (C=O) groups is 1. The molecule has 0 fully saturated rings. The molecule has 0 aromatic heterocycles. The van der Waals surface area contributed by atoms with Crippen LogP contribution in [0.25, 0.3) is 0 Å². The minimum atomic E-state index is -0.530. The highest BCUT2D eigenvalue weighted by Crippen LogP contribution is 2.09. The first kappa shape index (κ1) is 15.2. The molecule has 0 aliphatic carbocycles. The minimum absolute atomic E-state index is 0.0690. The number of nitrogens with zero attached hydrogens (tertiary/aromatic N) is 2. The van der Waals surface area contributed by atoms with E-state index >= 15 is 0 Å². The highest BCUT2D eigenvalue weighted by Gasteiger charge is 2.21. The van der Waals surface area contributed by atoms with Crippen LogP contribution in [0.5, 0.6) is 0 Å². The maximum Gasteiger partial charge on any atom is 0.240 e. The molecule has 0 unspecified atom stereocenters. The van der Waals surface area contributed by atoms with Gasteiger partial charge in [-0.1, -0.05) is 44.2 Å². The number of benzene rings is 1. The molecule has 19 heavy (non-hydrogen) atoms. The Hall–Kier alpha value is -1.86. The molecule has 0 spiro atoms. The Morgan fingerprint density at radius 3 is 2.53 bits per heavy atom. The van der Waals surface area contributed by atoms with Gasteiger partial charge in [-0.05, 0) is 17.9 Å². The molecule has 0 heterocycles. The lowest BCUT2D eigenvalue weighted by Gasteiger charge is -2.24. The first-order valence-electron chi connectivity index (χ1n) is 6.49. The van der Waals surface area contributed by atoms with Crippen molar-refractivity contribution in [3.8, 4) is 6.07 Å². The SMILES string of the molecule is CC(C)C[C@@H](N)C(=O)N(CC#N)Cc1ccccc1. The van der Waals surface area contributed by atoms with Gasteiger partial charge in [0.15, 0.2) is 0 Å². The summed E-state index contributed by atoms with van der Waals surface area (Å²) in [7, 11) is 0. The number of carbonyl (C=O) groups excluding carboxylic acids is 1. The van der Waals surface area contributed by atoms with Gasteiger partial charge in [0.25, 0.3) is 0 Å². The zero-order valence-electron chi connectivity index (χ0n) is 11.5. The Morgan fingerprint density at radius 2 is 2.00 bits per heavy atom. The van der Waals surface area contributed by atoms with Crippen LogP contribution in [0.15, 0.2) is 30.3 Å². The van der Waals surface area contributed by atoms with E-state index < -0.39 is 6.04 Å². The molecule has 0 bridgehead atoms. The molecule has 1 amide bonds. The summed E-state index contributed by atoms with van der Waals surface area (Å²) in [6, 6.07) is 11.1. The fourth-order valence-corrected chi connectivity index (χ4v) is 1.94. The van der Waals surface area contributed by atoms with E-state index in [0.29, 0.717) is 18.9 Å². The maximum atomic E-state index is 12.2. The van der Waals surface area contributed by atoms with E-state index in [4.69, 9.17) is 11.0 Å². The zero-order chi connectivity index (χ0) is 14.3. The van der Waals surface area contributed by atoms with Crippen molar-refractivity contribution in [2.24, 2.45) is 11.7 Å². The van der Waals surface area contributed by atoms with Gasteiger partial charge in [-0.25, -0.2) is 0 Å². The summed E-state index contributed by atoms with van der Waals surface area (Å²) in [6.45, 7) is 4.55. The third-order valence-corrected chi connectivity index (χ3v) is 2.83. The number of nitriles is 1. The van der Waals surface area contributed by atoms with Gasteiger partial charge in [-0.2, -0.15) is 5.26 Å². The second-order valence-corrected chi connectivity index (χ2v) is 5.07. The van der Waals surface area contributed by atoms with Crippen LogP contribution in [0.3, 0.4) is 0 Å². The van der Waals surface area contributed by atoms with Gasteiger partial charge in [0.1, 0.15) is 6.54 Å². The molecule has 102 valence electrons. The first-order valence-corrected chi connectivity index (χ1v) is 6.49. The lowest BCUT2D eigenvalue weighted by molar-refractivity contribution is -0.132. The normalized spacial score (nSPS) is 11.9. The number of amides is 1. The van der Waals surface area contributed by atoms with Crippen LogP contribution in [0.4, 0.5) is 0 Å². The van der Waals surface area contributed by atoms with Gasteiger partial charge in [0.05, 0.1) is 12.1 Å². The van der Waals surface area contributed by atoms with Gasteiger partial charge in [0, 0.05) is 6.54 Å². The topological polar surface area (TPSA) is 70.1 Å². The lowest BCUT2D eigenvalue weighted by atomic mass is 10.0. The smallest absolute Gasteiger partial charge is 0.240 e. The predicted octanol–water partition coefficient (Wildman–Crippen LogP) is 1.91. The Labute approximate surface area is 114 Å². The van der Waals surface area contributed by atoms with Crippen molar-refractivity contribution >= 4 is 5.91 Å². The van der Waals surface area contributed by atoms with E-state index in [9.17, 15) is 4.79 Å². The fourth-order valence-electron chi connectivity index (χ4n) is 1.94. The van der Waals surface area contributed by atoms with Crippen molar-refractivity contribution < 1.29 is 4.79 Å². The van der Waals surface area contributed by atoms with Gasteiger partial charge in [-0.3, -0.25) is 4.79 Å². The van der Waals surface area contributed by atoms with Gasteiger partial charge in [0.2, 0.25) is 5.91 Å². The molecular weight excluding hydrogens is 238 g/mol. The molecule has 4 nitrogen and oxygen atoms in total. The molecule has 1 rings (SSSR count). The van der Waals surface area contributed by atoms with Crippen molar-refractivity contribution in [3.05, 3.63) is 35.9 Å². The van der Waals surface area contributed by atoms with Crippen LogP contribution in [0, 0.1) is 17.2 Å². The van der Waals surface area contributed by atoms with Gasteiger partial charge < -0.3 is 10.6 Å². The first-order chi connectivity index (χ1) is 9.04. The molecule has 1 atom stereocenters. The zero-order valence-corrected chi connectivity index (χ0v) is 11.5. The number of rotatable bonds is 6. The molecule has 1 aromatic carbocycles. The molecule has 0 radical (unpaired) electrons. The monoisotopic (exact) mass is 259 g/mol. The Bertz CT molecular complexity index is 436. The summed E-state index contributed by atoms with van der Waals surface area (Å²) in [5.74, 6) is 0.207. The van der Waals surface area contributed by atoms with Gasteiger partial charge in [-0.15, -0.1) is 0 Å². The van der Waals surface area contributed by atoms with Crippen molar-refractivity contribution in [3.63, 3.8) is 0 Å². The largest absolute Gasteiger partial charge is 0.324 e. The summed E-state index contributed by atoms with van der Waals surface area (Å²) in [5.41, 5.74) is 6.90. The standard InChI is InChI=1S/C15H21N3O/c1-12(2)10-14(17)15(19)18(9-8-16)11-13-6-4-3-5-7-13/h3-7,12,14H,9-11,17H2,1-2H3/t14-/m1/s1. The van der Waals surface area contributed by atoms with Crippen LogP contribution in [-0.2, 0) is 11.3 Å². The summed E-state index contributed by atoms with van der Waals surface area (Å²) in [4.78, 5) is 13.7. The third kappa shape index (κ3) is 5.11. The second kappa shape index (κ2) is 7.55. The fraction of sp³-hybridized carbons (Fsp3) is 0.467.